The number of hydrogen-bond acceptors (Lipinski definition) is 2. The van der Waals surface area contributed by atoms with Crippen LogP contribution in [-0.2, 0) is 13.5 Å². The summed E-state index contributed by atoms with van der Waals surface area (Å²) in [5, 5.41) is 4.46. The molecule has 1 aromatic heterocycles. The summed E-state index contributed by atoms with van der Waals surface area (Å²) in [6.45, 7) is 6.53. The number of aryl methyl sites for hydroxylation is 2. The van der Waals surface area contributed by atoms with Gasteiger partial charge in [0.25, 0.3) is 0 Å². The molecule has 0 amide bonds. The number of nitrogen functional groups attached to an aromatic ring is 1. The summed E-state index contributed by atoms with van der Waals surface area (Å²) in [4.78, 5) is 0. The van der Waals surface area contributed by atoms with E-state index in [9.17, 15) is 0 Å². The molecule has 0 fully saturated rings. The van der Waals surface area contributed by atoms with Crippen LogP contribution in [0.4, 0.5) is 5.82 Å². The van der Waals surface area contributed by atoms with Crippen molar-refractivity contribution in [2.75, 3.05) is 5.73 Å². The van der Waals surface area contributed by atoms with E-state index in [0.717, 1.165) is 12.2 Å². The summed E-state index contributed by atoms with van der Waals surface area (Å²) >= 11 is 0. The zero-order valence-corrected chi connectivity index (χ0v) is 9.67. The van der Waals surface area contributed by atoms with Crippen molar-refractivity contribution in [2.45, 2.75) is 46.0 Å². The minimum atomic E-state index is 0.468. The Morgan fingerprint density at radius 2 is 2.07 bits per heavy atom. The fraction of sp³-hybridized carbons (Fsp3) is 0.727. The first-order valence-electron chi connectivity index (χ1n) is 5.39. The Labute approximate surface area is 86.3 Å². The highest BCUT2D eigenvalue weighted by atomic mass is 15.3. The van der Waals surface area contributed by atoms with Gasteiger partial charge in [-0.15, -0.1) is 0 Å². The van der Waals surface area contributed by atoms with Crippen molar-refractivity contribution < 1.29 is 0 Å². The van der Waals surface area contributed by atoms with Gasteiger partial charge in [0.2, 0.25) is 0 Å². The van der Waals surface area contributed by atoms with Crippen molar-refractivity contribution >= 4 is 5.82 Å². The Kier molecular flexibility index (Phi) is 3.55. The molecule has 0 atom stereocenters. The highest BCUT2D eigenvalue weighted by molar-refractivity contribution is 5.45. The maximum Gasteiger partial charge on any atom is 0.125 e. The summed E-state index contributed by atoms with van der Waals surface area (Å²) in [5.41, 5.74) is 8.40. The standard InChI is InChI=1S/C11H21N3/c1-5-6-7-9-10(8(2)3)11(12)14(4)13-9/h8H,5-7,12H2,1-4H3. The predicted octanol–water partition coefficient (Wildman–Crippen LogP) is 2.47. The third-order valence-electron chi connectivity index (χ3n) is 2.55. The SMILES string of the molecule is CCCCc1nn(C)c(N)c1C(C)C. The molecule has 1 aromatic rings. The lowest BCUT2D eigenvalue weighted by Gasteiger charge is -2.06. The molecule has 0 radical (unpaired) electrons. The molecule has 1 rings (SSSR count). The van der Waals surface area contributed by atoms with Gasteiger partial charge in [-0.2, -0.15) is 5.10 Å². The van der Waals surface area contributed by atoms with Crippen molar-refractivity contribution in [1.29, 1.82) is 0 Å². The van der Waals surface area contributed by atoms with Crippen molar-refractivity contribution in [3.8, 4) is 0 Å². The summed E-state index contributed by atoms with van der Waals surface area (Å²) in [6, 6.07) is 0. The predicted molar refractivity (Wildman–Crippen MR) is 60.3 cm³/mol. The molecule has 0 spiro atoms. The van der Waals surface area contributed by atoms with E-state index in [-0.39, 0.29) is 0 Å². The van der Waals surface area contributed by atoms with Crippen LogP contribution in [0.1, 0.15) is 50.8 Å². The lowest BCUT2D eigenvalue weighted by atomic mass is 10.0. The number of unbranched alkanes of at least 4 members (excludes halogenated alkanes) is 1. The smallest absolute Gasteiger partial charge is 0.125 e. The number of rotatable bonds is 4. The second kappa shape index (κ2) is 4.49. The maximum atomic E-state index is 5.98. The molecule has 80 valence electrons. The Bertz CT molecular complexity index is 300. The van der Waals surface area contributed by atoms with E-state index in [4.69, 9.17) is 5.73 Å². The molecule has 0 aromatic carbocycles. The van der Waals surface area contributed by atoms with Gasteiger partial charge in [0.05, 0.1) is 5.69 Å². The first-order valence-corrected chi connectivity index (χ1v) is 5.39. The van der Waals surface area contributed by atoms with E-state index >= 15 is 0 Å². The summed E-state index contributed by atoms with van der Waals surface area (Å²) in [5.74, 6) is 1.29. The first kappa shape index (κ1) is 11.1. The normalized spacial score (nSPS) is 11.2. The van der Waals surface area contributed by atoms with E-state index < -0.39 is 0 Å². The Hall–Kier alpha value is -0.990. The molecule has 1 heterocycles. The topological polar surface area (TPSA) is 43.8 Å². The number of nitrogens with two attached hydrogens (primary N) is 1. The van der Waals surface area contributed by atoms with Crippen LogP contribution in [0.25, 0.3) is 0 Å². The zero-order valence-electron chi connectivity index (χ0n) is 9.67. The van der Waals surface area contributed by atoms with E-state index in [1.165, 1.54) is 24.1 Å². The van der Waals surface area contributed by atoms with Gasteiger partial charge in [-0.05, 0) is 18.8 Å². The van der Waals surface area contributed by atoms with Crippen molar-refractivity contribution in [3.63, 3.8) is 0 Å². The molecule has 3 heteroatoms. The largest absolute Gasteiger partial charge is 0.384 e. The zero-order chi connectivity index (χ0) is 10.7. The quantitative estimate of drug-likeness (QED) is 0.802. The van der Waals surface area contributed by atoms with E-state index in [1.807, 2.05) is 7.05 Å². The van der Waals surface area contributed by atoms with Gasteiger partial charge < -0.3 is 5.73 Å². The third-order valence-corrected chi connectivity index (χ3v) is 2.55. The number of aromatic nitrogens is 2. The number of nitrogens with zero attached hydrogens (tertiary/aromatic N) is 2. The molecule has 0 saturated heterocycles. The molecular formula is C11H21N3. The summed E-state index contributed by atoms with van der Waals surface area (Å²) in [7, 11) is 1.91. The van der Waals surface area contributed by atoms with Crippen LogP contribution in [0.5, 0.6) is 0 Å². The van der Waals surface area contributed by atoms with Crippen LogP contribution in [0.15, 0.2) is 0 Å². The van der Waals surface area contributed by atoms with E-state index in [1.54, 1.807) is 4.68 Å². The molecule has 0 aliphatic heterocycles. The lowest BCUT2D eigenvalue weighted by molar-refractivity contribution is 0.713. The molecule has 0 saturated carbocycles. The Morgan fingerprint density at radius 3 is 2.57 bits per heavy atom. The Morgan fingerprint density at radius 1 is 1.43 bits per heavy atom. The molecule has 0 bridgehead atoms. The molecule has 0 aliphatic carbocycles. The van der Waals surface area contributed by atoms with Gasteiger partial charge in [-0.25, -0.2) is 0 Å². The Balaban J connectivity index is 2.96. The third kappa shape index (κ3) is 2.08. The second-order valence-corrected chi connectivity index (χ2v) is 4.13. The molecule has 14 heavy (non-hydrogen) atoms. The van der Waals surface area contributed by atoms with Crippen LogP contribution in [-0.4, -0.2) is 9.78 Å². The fourth-order valence-electron chi connectivity index (χ4n) is 1.77. The van der Waals surface area contributed by atoms with Crippen molar-refractivity contribution in [1.82, 2.24) is 9.78 Å². The van der Waals surface area contributed by atoms with Gasteiger partial charge in [-0.3, -0.25) is 4.68 Å². The number of anilines is 1. The van der Waals surface area contributed by atoms with Gasteiger partial charge in [0.15, 0.2) is 0 Å². The first-order chi connectivity index (χ1) is 6.57. The van der Waals surface area contributed by atoms with Crippen LogP contribution >= 0.6 is 0 Å². The second-order valence-electron chi connectivity index (χ2n) is 4.13. The summed E-state index contributed by atoms with van der Waals surface area (Å²) in [6.07, 6.45) is 3.44. The molecule has 0 aliphatic rings. The fourth-order valence-corrected chi connectivity index (χ4v) is 1.77. The van der Waals surface area contributed by atoms with Crippen LogP contribution < -0.4 is 5.73 Å². The van der Waals surface area contributed by atoms with Gasteiger partial charge >= 0.3 is 0 Å². The highest BCUT2D eigenvalue weighted by Gasteiger charge is 2.15. The van der Waals surface area contributed by atoms with Crippen LogP contribution in [0.2, 0.25) is 0 Å². The molecule has 3 nitrogen and oxygen atoms in total. The van der Waals surface area contributed by atoms with E-state index in [2.05, 4.69) is 25.9 Å². The van der Waals surface area contributed by atoms with Crippen LogP contribution in [0.3, 0.4) is 0 Å². The van der Waals surface area contributed by atoms with Gasteiger partial charge in [0.1, 0.15) is 5.82 Å². The average molecular weight is 195 g/mol. The number of hydrogen-bond donors (Lipinski definition) is 1. The summed E-state index contributed by atoms with van der Waals surface area (Å²) < 4.78 is 1.79. The van der Waals surface area contributed by atoms with E-state index in [0.29, 0.717) is 5.92 Å². The molecule has 2 N–H and O–H groups in total. The lowest BCUT2D eigenvalue weighted by Crippen LogP contribution is -2.00. The minimum absolute atomic E-state index is 0.468. The van der Waals surface area contributed by atoms with Crippen molar-refractivity contribution in [2.24, 2.45) is 7.05 Å². The van der Waals surface area contributed by atoms with Crippen LogP contribution in [0, 0.1) is 0 Å². The average Bonchev–Trinajstić information content (AvgIpc) is 2.39. The van der Waals surface area contributed by atoms with Crippen molar-refractivity contribution in [3.05, 3.63) is 11.3 Å². The van der Waals surface area contributed by atoms with Gasteiger partial charge in [-0.1, -0.05) is 27.2 Å². The van der Waals surface area contributed by atoms with Gasteiger partial charge in [0, 0.05) is 12.6 Å². The molecular weight excluding hydrogens is 174 g/mol. The minimum Gasteiger partial charge on any atom is -0.384 e. The monoisotopic (exact) mass is 195 g/mol. The maximum absolute atomic E-state index is 5.98. The molecule has 0 unspecified atom stereocenters. The highest BCUT2D eigenvalue weighted by Crippen LogP contribution is 2.26.